The molecule has 2 heterocycles. The van der Waals surface area contributed by atoms with Gasteiger partial charge in [-0.05, 0) is 72.0 Å². The van der Waals surface area contributed by atoms with Crippen LogP contribution >= 0.6 is 0 Å². The third-order valence-corrected chi connectivity index (χ3v) is 7.38. The lowest BCUT2D eigenvalue weighted by atomic mass is 9.96. The van der Waals surface area contributed by atoms with E-state index >= 15 is 0 Å². The Morgan fingerprint density at radius 2 is 1.07 bits per heavy atom. The normalized spacial score (nSPS) is 11.2. The standard InChI is InChI=1S/C37H27N3/c1-24-15-20-34-35(21-24)40-37(36(39-34)28-9-4-3-5-10-28)30-12-8-11-29(23-30)26-16-18-27(19-17-26)32-22-25(2)38-33-14-7-6-13-31(32)33/h3-23H,1-2H3. The highest BCUT2D eigenvalue weighted by molar-refractivity contribution is 5.95. The summed E-state index contributed by atoms with van der Waals surface area (Å²) in [5.74, 6) is 0. The lowest BCUT2D eigenvalue weighted by Crippen LogP contribution is -1.96. The highest BCUT2D eigenvalue weighted by Gasteiger charge is 2.14. The molecule has 3 heteroatoms. The molecule has 0 spiro atoms. The summed E-state index contributed by atoms with van der Waals surface area (Å²) in [5.41, 5.74) is 13.6. The van der Waals surface area contributed by atoms with Crippen molar-refractivity contribution in [1.82, 2.24) is 15.0 Å². The van der Waals surface area contributed by atoms with Crippen molar-refractivity contribution in [3.8, 4) is 44.8 Å². The maximum absolute atomic E-state index is 5.14. The van der Waals surface area contributed by atoms with Crippen LogP contribution in [0.15, 0.2) is 127 Å². The second kappa shape index (κ2) is 9.87. The van der Waals surface area contributed by atoms with Crippen molar-refractivity contribution < 1.29 is 0 Å². The number of fused-ring (bicyclic) bond motifs is 2. The fraction of sp³-hybridized carbons (Fsp3) is 0.0541. The van der Waals surface area contributed by atoms with E-state index in [9.17, 15) is 0 Å². The average Bonchev–Trinajstić information content (AvgIpc) is 3.00. The first-order chi connectivity index (χ1) is 19.6. The fourth-order valence-electron chi connectivity index (χ4n) is 5.40. The molecule has 0 N–H and O–H groups in total. The lowest BCUT2D eigenvalue weighted by Gasteiger charge is -2.13. The smallest absolute Gasteiger partial charge is 0.0973 e. The Bertz CT molecular complexity index is 2010. The number of para-hydroxylation sites is 1. The molecule has 0 aliphatic carbocycles. The molecule has 0 fully saturated rings. The van der Waals surface area contributed by atoms with E-state index in [4.69, 9.17) is 15.0 Å². The van der Waals surface area contributed by atoms with Crippen LogP contribution in [0.4, 0.5) is 0 Å². The molecule has 7 rings (SSSR count). The Balaban J connectivity index is 1.32. The molecular weight excluding hydrogens is 486 g/mol. The minimum Gasteiger partial charge on any atom is -0.253 e. The monoisotopic (exact) mass is 513 g/mol. The zero-order valence-electron chi connectivity index (χ0n) is 22.5. The van der Waals surface area contributed by atoms with Crippen LogP contribution in [0.3, 0.4) is 0 Å². The Kier molecular flexibility index (Phi) is 5.90. The summed E-state index contributed by atoms with van der Waals surface area (Å²) < 4.78 is 0. The van der Waals surface area contributed by atoms with E-state index in [1.165, 1.54) is 22.1 Å². The molecule has 40 heavy (non-hydrogen) atoms. The van der Waals surface area contributed by atoms with Crippen LogP contribution in [-0.2, 0) is 0 Å². The summed E-state index contributed by atoms with van der Waals surface area (Å²) in [6, 6.07) is 44.5. The van der Waals surface area contributed by atoms with Crippen molar-refractivity contribution in [2.45, 2.75) is 13.8 Å². The minimum atomic E-state index is 0.890. The van der Waals surface area contributed by atoms with E-state index in [-0.39, 0.29) is 0 Å². The van der Waals surface area contributed by atoms with Crippen molar-refractivity contribution in [2.24, 2.45) is 0 Å². The summed E-state index contributed by atoms with van der Waals surface area (Å²) in [5, 5.41) is 1.17. The highest BCUT2D eigenvalue weighted by Crippen LogP contribution is 2.35. The van der Waals surface area contributed by atoms with Gasteiger partial charge in [0.25, 0.3) is 0 Å². The maximum Gasteiger partial charge on any atom is 0.0973 e. The number of aryl methyl sites for hydroxylation is 2. The second-order valence-corrected chi connectivity index (χ2v) is 10.3. The van der Waals surface area contributed by atoms with Crippen LogP contribution in [-0.4, -0.2) is 15.0 Å². The molecule has 0 atom stereocenters. The molecule has 0 saturated carbocycles. The van der Waals surface area contributed by atoms with Crippen LogP contribution in [0, 0.1) is 13.8 Å². The van der Waals surface area contributed by atoms with Crippen molar-refractivity contribution in [3.63, 3.8) is 0 Å². The summed E-state index contributed by atoms with van der Waals surface area (Å²) in [6.45, 7) is 4.14. The van der Waals surface area contributed by atoms with Gasteiger partial charge in [-0.25, -0.2) is 9.97 Å². The molecule has 2 aromatic heterocycles. The highest BCUT2D eigenvalue weighted by atomic mass is 14.8. The van der Waals surface area contributed by atoms with E-state index in [0.717, 1.165) is 55.9 Å². The Labute approximate surface area is 233 Å². The SMILES string of the molecule is Cc1ccc2nc(-c3ccccc3)c(-c3cccc(-c4ccc(-c5cc(C)nc6ccccc56)cc4)c3)nc2c1. The summed E-state index contributed by atoms with van der Waals surface area (Å²) in [6.07, 6.45) is 0. The van der Waals surface area contributed by atoms with Gasteiger partial charge in [0.15, 0.2) is 0 Å². The van der Waals surface area contributed by atoms with Gasteiger partial charge in [0.2, 0.25) is 0 Å². The number of aromatic nitrogens is 3. The van der Waals surface area contributed by atoms with Gasteiger partial charge in [0, 0.05) is 22.2 Å². The van der Waals surface area contributed by atoms with E-state index in [0.29, 0.717) is 0 Å². The molecule has 0 saturated heterocycles. The largest absolute Gasteiger partial charge is 0.253 e. The number of hydrogen-bond donors (Lipinski definition) is 0. The zero-order chi connectivity index (χ0) is 27.1. The second-order valence-electron chi connectivity index (χ2n) is 10.3. The molecule has 0 radical (unpaired) electrons. The molecule has 7 aromatic rings. The molecular formula is C37H27N3. The third-order valence-electron chi connectivity index (χ3n) is 7.38. The Morgan fingerprint density at radius 1 is 0.400 bits per heavy atom. The first-order valence-electron chi connectivity index (χ1n) is 13.5. The molecule has 5 aromatic carbocycles. The zero-order valence-corrected chi connectivity index (χ0v) is 22.5. The van der Waals surface area contributed by atoms with Gasteiger partial charge < -0.3 is 0 Å². The third kappa shape index (κ3) is 4.42. The van der Waals surface area contributed by atoms with Crippen LogP contribution in [0.5, 0.6) is 0 Å². The van der Waals surface area contributed by atoms with Gasteiger partial charge in [-0.1, -0.05) is 97.1 Å². The Morgan fingerprint density at radius 3 is 1.93 bits per heavy atom. The summed E-state index contributed by atoms with van der Waals surface area (Å²) >= 11 is 0. The number of benzene rings is 5. The topological polar surface area (TPSA) is 38.7 Å². The quantitative estimate of drug-likeness (QED) is 0.235. The van der Waals surface area contributed by atoms with Crippen molar-refractivity contribution in [2.75, 3.05) is 0 Å². The lowest BCUT2D eigenvalue weighted by molar-refractivity contribution is 1.26. The van der Waals surface area contributed by atoms with Gasteiger partial charge in [-0.2, -0.15) is 0 Å². The van der Waals surface area contributed by atoms with E-state index in [1.807, 2.05) is 24.3 Å². The first kappa shape index (κ1) is 23.9. The molecule has 0 aliphatic rings. The van der Waals surface area contributed by atoms with Crippen LogP contribution in [0.1, 0.15) is 11.3 Å². The fourth-order valence-corrected chi connectivity index (χ4v) is 5.40. The summed E-state index contributed by atoms with van der Waals surface area (Å²) in [7, 11) is 0. The molecule has 190 valence electrons. The number of rotatable bonds is 4. The van der Waals surface area contributed by atoms with Crippen LogP contribution < -0.4 is 0 Å². The van der Waals surface area contributed by atoms with Crippen molar-refractivity contribution in [1.29, 1.82) is 0 Å². The minimum absolute atomic E-state index is 0.890. The van der Waals surface area contributed by atoms with Crippen molar-refractivity contribution in [3.05, 3.63) is 139 Å². The molecule has 0 bridgehead atoms. The van der Waals surface area contributed by atoms with E-state index in [1.54, 1.807) is 0 Å². The molecule has 0 aliphatic heterocycles. The van der Waals surface area contributed by atoms with E-state index < -0.39 is 0 Å². The van der Waals surface area contributed by atoms with Gasteiger partial charge in [-0.3, -0.25) is 4.98 Å². The first-order valence-corrected chi connectivity index (χ1v) is 13.5. The average molecular weight is 514 g/mol. The van der Waals surface area contributed by atoms with Gasteiger partial charge in [0.1, 0.15) is 0 Å². The van der Waals surface area contributed by atoms with Gasteiger partial charge in [0.05, 0.1) is 27.9 Å². The van der Waals surface area contributed by atoms with Crippen LogP contribution in [0.25, 0.3) is 66.7 Å². The predicted molar refractivity (Wildman–Crippen MR) is 166 cm³/mol. The summed E-state index contributed by atoms with van der Waals surface area (Å²) in [4.78, 5) is 14.9. The van der Waals surface area contributed by atoms with Gasteiger partial charge >= 0.3 is 0 Å². The van der Waals surface area contributed by atoms with Crippen LogP contribution in [0.2, 0.25) is 0 Å². The Hall–Kier alpha value is -5.15. The molecule has 0 amide bonds. The molecule has 3 nitrogen and oxygen atoms in total. The number of nitrogens with zero attached hydrogens (tertiary/aromatic N) is 3. The number of hydrogen-bond acceptors (Lipinski definition) is 3. The predicted octanol–water partition coefficient (Wildman–Crippen LogP) is 9.46. The maximum atomic E-state index is 5.14. The molecule has 0 unspecified atom stereocenters. The van der Waals surface area contributed by atoms with E-state index in [2.05, 4.69) is 117 Å². The number of pyridine rings is 1. The van der Waals surface area contributed by atoms with Crippen molar-refractivity contribution >= 4 is 21.9 Å². The van der Waals surface area contributed by atoms with Gasteiger partial charge in [-0.15, -0.1) is 0 Å².